The first-order valence-electron chi connectivity index (χ1n) is 5.27. The largest absolute Gasteiger partial charge is 0.436 e. The monoisotopic (exact) mass is 249 g/mol. The van der Waals surface area contributed by atoms with Crippen molar-refractivity contribution < 1.29 is 13.6 Å². The normalized spacial score (nSPS) is 10.4. The highest BCUT2D eigenvalue weighted by Gasteiger charge is 2.16. The molecule has 1 amide bonds. The van der Waals surface area contributed by atoms with Gasteiger partial charge in [0.05, 0.1) is 5.69 Å². The number of anilines is 2. The summed E-state index contributed by atoms with van der Waals surface area (Å²) in [5, 5.41) is 2.50. The summed E-state index contributed by atoms with van der Waals surface area (Å²) in [5.41, 5.74) is 6.46. The smallest absolute Gasteiger partial charge is 0.293 e. The first-order chi connectivity index (χ1) is 8.45. The number of carbonyl (C=O) groups excluding carboxylic acids is 1. The van der Waals surface area contributed by atoms with Crippen LogP contribution in [0.4, 0.5) is 15.8 Å². The van der Waals surface area contributed by atoms with Crippen LogP contribution in [0.3, 0.4) is 0 Å². The Morgan fingerprint density at radius 1 is 1.39 bits per heavy atom. The van der Waals surface area contributed by atoms with Crippen molar-refractivity contribution in [2.24, 2.45) is 0 Å². The topological polar surface area (TPSA) is 81.2 Å². The number of nitrogens with two attached hydrogens (primary N) is 1. The zero-order valence-corrected chi connectivity index (χ0v) is 9.95. The molecule has 94 valence electrons. The molecule has 0 fully saturated rings. The Bertz CT molecular complexity index is 587. The minimum Gasteiger partial charge on any atom is -0.436 e. The highest BCUT2D eigenvalue weighted by molar-refractivity contribution is 6.03. The number of halogens is 1. The number of nitrogens with one attached hydrogen (secondary N) is 1. The van der Waals surface area contributed by atoms with E-state index in [0.29, 0.717) is 11.6 Å². The number of nitrogens with zero attached hydrogens (tertiary/aromatic N) is 1. The molecule has 0 saturated heterocycles. The molecule has 5 nitrogen and oxygen atoms in total. The van der Waals surface area contributed by atoms with Gasteiger partial charge in [-0.1, -0.05) is 0 Å². The van der Waals surface area contributed by atoms with Gasteiger partial charge < -0.3 is 15.5 Å². The third-order valence-corrected chi connectivity index (χ3v) is 2.29. The van der Waals surface area contributed by atoms with Crippen molar-refractivity contribution >= 4 is 17.3 Å². The van der Waals surface area contributed by atoms with E-state index in [1.807, 2.05) is 0 Å². The van der Waals surface area contributed by atoms with E-state index in [-0.39, 0.29) is 17.1 Å². The highest BCUT2D eigenvalue weighted by Crippen LogP contribution is 2.17. The summed E-state index contributed by atoms with van der Waals surface area (Å²) in [7, 11) is 0. The number of aryl methyl sites for hydroxylation is 2. The minimum atomic E-state index is -0.518. The molecule has 0 aliphatic carbocycles. The predicted molar refractivity (Wildman–Crippen MR) is 64.7 cm³/mol. The average molecular weight is 249 g/mol. The molecule has 3 N–H and O–H groups in total. The molecule has 0 bridgehead atoms. The van der Waals surface area contributed by atoms with Crippen molar-refractivity contribution in [2.75, 3.05) is 11.1 Å². The van der Waals surface area contributed by atoms with Crippen LogP contribution in [0.2, 0.25) is 0 Å². The summed E-state index contributed by atoms with van der Waals surface area (Å²) in [4.78, 5) is 15.8. The van der Waals surface area contributed by atoms with Gasteiger partial charge >= 0.3 is 0 Å². The Morgan fingerprint density at radius 3 is 2.67 bits per heavy atom. The van der Waals surface area contributed by atoms with Crippen LogP contribution in [0.25, 0.3) is 0 Å². The second-order valence-corrected chi connectivity index (χ2v) is 3.87. The molecular weight excluding hydrogens is 237 g/mol. The number of carbonyl (C=O) groups is 1. The Hall–Kier alpha value is -2.37. The van der Waals surface area contributed by atoms with Gasteiger partial charge in [-0.15, -0.1) is 0 Å². The lowest BCUT2D eigenvalue weighted by Gasteiger charge is -2.04. The van der Waals surface area contributed by atoms with Crippen molar-refractivity contribution in [1.82, 2.24) is 4.98 Å². The van der Waals surface area contributed by atoms with E-state index in [1.165, 1.54) is 18.2 Å². The third-order valence-electron chi connectivity index (χ3n) is 2.29. The van der Waals surface area contributed by atoms with Gasteiger partial charge in [0.15, 0.2) is 5.89 Å². The molecule has 0 atom stereocenters. The molecule has 2 aromatic rings. The molecule has 0 saturated carbocycles. The second-order valence-electron chi connectivity index (χ2n) is 3.87. The molecule has 1 heterocycles. The number of oxazole rings is 1. The average Bonchev–Trinajstić information content (AvgIpc) is 2.56. The summed E-state index contributed by atoms with van der Waals surface area (Å²) in [6, 6.07) is 3.80. The van der Waals surface area contributed by atoms with Gasteiger partial charge in [-0.3, -0.25) is 4.79 Å². The first-order valence-corrected chi connectivity index (χ1v) is 5.27. The summed E-state index contributed by atoms with van der Waals surface area (Å²) >= 11 is 0. The summed E-state index contributed by atoms with van der Waals surface area (Å²) in [6.45, 7) is 3.30. The van der Waals surface area contributed by atoms with Crippen LogP contribution in [0.15, 0.2) is 22.6 Å². The van der Waals surface area contributed by atoms with Crippen LogP contribution in [0, 0.1) is 19.7 Å². The van der Waals surface area contributed by atoms with E-state index >= 15 is 0 Å². The zero-order chi connectivity index (χ0) is 13.3. The van der Waals surface area contributed by atoms with Gasteiger partial charge in [0, 0.05) is 18.3 Å². The molecule has 0 aliphatic heterocycles. The molecule has 0 aliphatic rings. The van der Waals surface area contributed by atoms with Crippen molar-refractivity contribution in [2.45, 2.75) is 13.8 Å². The van der Waals surface area contributed by atoms with E-state index in [1.54, 1.807) is 13.8 Å². The third kappa shape index (κ3) is 2.48. The summed E-state index contributed by atoms with van der Waals surface area (Å²) < 4.78 is 18.3. The Kier molecular flexibility index (Phi) is 3.01. The van der Waals surface area contributed by atoms with E-state index < -0.39 is 11.7 Å². The van der Waals surface area contributed by atoms with Crippen LogP contribution in [0.5, 0.6) is 0 Å². The molecule has 2 rings (SSSR count). The van der Waals surface area contributed by atoms with Crippen LogP contribution in [-0.4, -0.2) is 10.9 Å². The fourth-order valence-electron chi connectivity index (χ4n) is 1.61. The van der Waals surface area contributed by atoms with Crippen molar-refractivity contribution in [1.29, 1.82) is 0 Å². The van der Waals surface area contributed by atoms with Crippen molar-refractivity contribution in [3.63, 3.8) is 0 Å². The molecule has 1 aromatic carbocycles. The lowest BCUT2D eigenvalue weighted by atomic mass is 10.2. The fourth-order valence-corrected chi connectivity index (χ4v) is 1.61. The maximum atomic E-state index is 13.1. The maximum Gasteiger partial charge on any atom is 0.293 e. The number of hydrogen-bond acceptors (Lipinski definition) is 4. The standard InChI is InChI=1S/C12H12FN3O2/c1-6-11(18-7(2)15-6)12(17)16-10-4-8(13)3-9(14)5-10/h3-5H,14H2,1-2H3,(H,16,17). The van der Waals surface area contributed by atoms with Crippen molar-refractivity contribution in [3.05, 3.63) is 41.4 Å². The Labute approximate surface area is 103 Å². The minimum absolute atomic E-state index is 0.107. The maximum absolute atomic E-state index is 13.1. The first kappa shape index (κ1) is 12.1. The van der Waals surface area contributed by atoms with Gasteiger partial charge in [0.1, 0.15) is 5.82 Å². The second kappa shape index (κ2) is 4.48. The van der Waals surface area contributed by atoms with E-state index in [9.17, 15) is 9.18 Å². The lowest BCUT2D eigenvalue weighted by Crippen LogP contribution is -2.12. The number of amides is 1. The van der Waals surface area contributed by atoms with E-state index in [4.69, 9.17) is 10.2 Å². The van der Waals surface area contributed by atoms with Gasteiger partial charge in [0.25, 0.3) is 5.91 Å². The quantitative estimate of drug-likeness (QED) is 0.800. The van der Waals surface area contributed by atoms with Gasteiger partial charge in [-0.25, -0.2) is 9.37 Å². The predicted octanol–water partition coefficient (Wildman–Crippen LogP) is 2.27. The SMILES string of the molecule is Cc1nc(C)c(C(=O)Nc2cc(N)cc(F)c2)o1. The molecule has 1 aromatic heterocycles. The molecule has 0 unspecified atom stereocenters. The number of rotatable bonds is 2. The van der Waals surface area contributed by atoms with E-state index in [0.717, 1.165) is 0 Å². The van der Waals surface area contributed by atoms with Gasteiger partial charge in [-0.05, 0) is 25.1 Å². The molecular formula is C12H12FN3O2. The Morgan fingerprint density at radius 2 is 2.11 bits per heavy atom. The van der Waals surface area contributed by atoms with Crippen LogP contribution >= 0.6 is 0 Å². The number of hydrogen-bond donors (Lipinski definition) is 2. The zero-order valence-electron chi connectivity index (χ0n) is 9.95. The van der Waals surface area contributed by atoms with Crippen LogP contribution in [-0.2, 0) is 0 Å². The molecule has 0 radical (unpaired) electrons. The molecule has 18 heavy (non-hydrogen) atoms. The van der Waals surface area contributed by atoms with Crippen LogP contribution in [0.1, 0.15) is 22.1 Å². The molecule has 0 spiro atoms. The number of benzene rings is 1. The Balaban J connectivity index is 2.23. The number of nitrogen functional groups attached to an aromatic ring is 1. The van der Waals surface area contributed by atoms with Crippen molar-refractivity contribution in [3.8, 4) is 0 Å². The number of aromatic nitrogens is 1. The lowest BCUT2D eigenvalue weighted by molar-refractivity contribution is 0.0994. The van der Waals surface area contributed by atoms with Crippen LogP contribution < -0.4 is 11.1 Å². The molecule has 6 heteroatoms. The summed E-state index contributed by atoms with van der Waals surface area (Å²) in [6.07, 6.45) is 0. The fraction of sp³-hybridized carbons (Fsp3) is 0.167. The van der Waals surface area contributed by atoms with E-state index in [2.05, 4.69) is 10.3 Å². The van der Waals surface area contributed by atoms with Gasteiger partial charge in [-0.2, -0.15) is 0 Å². The highest BCUT2D eigenvalue weighted by atomic mass is 19.1. The summed E-state index contributed by atoms with van der Waals surface area (Å²) in [5.74, 6) is -0.499. The van der Waals surface area contributed by atoms with Gasteiger partial charge in [0.2, 0.25) is 5.76 Å².